The lowest BCUT2D eigenvalue weighted by molar-refractivity contribution is 0.0908. The average Bonchev–Trinajstić information content (AvgIpc) is 2.76. The molecule has 2 rings (SSSR count). The van der Waals surface area contributed by atoms with Crippen LogP contribution < -0.4 is 11.1 Å². The second-order valence-electron chi connectivity index (χ2n) is 5.12. The Bertz CT molecular complexity index is 391. The summed E-state index contributed by atoms with van der Waals surface area (Å²) in [6, 6.07) is 7.50. The van der Waals surface area contributed by atoms with Crippen LogP contribution in [0.2, 0.25) is 0 Å². The summed E-state index contributed by atoms with van der Waals surface area (Å²) in [5, 5.41) is 3.14. The molecule has 1 aliphatic rings. The van der Waals surface area contributed by atoms with E-state index < -0.39 is 0 Å². The van der Waals surface area contributed by atoms with Crippen molar-refractivity contribution in [3.05, 3.63) is 35.4 Å². The van der Waals surface area contributed by atoms with Crippen LogP contribution in [0, 0.1) is 0 Å². The Hall–Kier alpha value is -1.35. The van der Waals surface area contributed by atoms with Crippen molar-refractivity contribution >= 4 is 5.91 Å². The van der Waals surface area contributed by atoms with Gasteiger partial charge in [0.2, 0.25) is 0 Å². The highest BCUT2D eigenvalue weighted by Gasteiger charge is 2.30. The lowest BCUT2D eigenvalue weighted by Crippen LogP contribution is -2.43. The Morgan fingerprint density at radius 2 is 1.88 bits per heavy atom. The maximum absolute atomic E-state index is 12.1. The minimum Gasteiger partial charge on any atom is -0.347 e. The highest BCUT2D eigenvalue weighted by Crippen LogP contribution is 2.29. The molecule has 0 radical (unpaired) electrons. The minimum absolute atomic E-state index is 0.0103. The van der Waals surface area contributed by atoms with Crippen LogP contribution in [0.4, 0.5) is 0 Å². The molecule has 3 N–H and O–H groups in total. The molecule has 3 nitrogen and oxygen atoms in total. The van der Waals surface area contributed by atoms with Gasteiger partial charge in [0.1, 0.15) is 0 Å². The van der Waals surface area contributed by atoms with E-state index in [1.165, 1.54) is 12.8 Å². The molecule has 0 bridgehead atoms. The zero-order chi connectivity index (χ0) is 12.3. The predicted molar refractivity (Wildman–Crippen MR) is 68.7 cm³/mol. The molecule has 17 heavy (non-hydrogen) atoms. The first-order valence-electron chi connectivity index (χ1n) is 6.24. The summed E-state index contributed by atoms with van der Waals surface area (Å²) in [6.45, 7) is 2.64. The van der Waals surface area contributed by atoms with Crippen molar-refractivity contribution in [1.29, 1.82) is 0 Å². The summed E-state index contributed by atoms with van der Waals surface area (Å²) in [7, 11) is 0. The lowest BCUT2D eigenvalue weighted by atomic mass is 10.00. The maximum atomic E-state index is 12.1. The van der Waals surface area contributed by atoms with Crippen molar-refractivity contribution in [1.82, 2.24) is 5.32 Å². The molecule has 0 atom stereocenters. The first kappa shape index (κ1) is 12.1. The molecular formula is C14H20N2O. The molecule has 1 aromatic rings. The number of benzene rings is 1. The summed E-state index contributed by atoms with van der Waals surface area (Å²) in [4.78, 5) is 12.1. The number of hydrogen-bond acceptors (Lipinski definition) is 2. The van der Waals surface area contributed by atoms with Crippen LogP contribution >= 0.6 is 0 Å². The Balaban J connectivity index is 2.03. The van der Waals surface area contributed by atoms with Gasteiger partial charge in [-0.05, 0) is 37.5 Å². The molecule has 1 aromatic carbocycles. The Morgan fingerprint density at radius 3 is 2.41 bits per heavy atom. The molecule has 0 aliphatic heterocycles. The average molecular weight is 232 g/mol. The lowest BCUT2D eigenvalue weighted by Gasteiger charge is -2.25. The van der Waals surface area contributed by atoms with Gasteiger partial charge in [0, 0.05) is 17.6 Å². The highest BCUT2D eigenvalue weighted by atomic mass is 16.1. The van der Waals surface area contributed by atoms with Gasteiger partial charge in [-0.25, -0.2) is 0 Å². The van der Waals surface area contributed by atoms with E-state index in [0.717, 1.165) is 24.0 Å². The van der Waals surface area contributed by atoms with E-state index in [1.807, 2.05) is 24.3 Å². The van der Waals surface area contributed by atoms with Gasteiger partial charge in [-0.2, -0.15) is 0 Å². The molecule has 1 amide bonds. The van der Waals surface area contributed by atoms with Crippen molar-refractivity contribution in [3.63, 3.8) is 0 Å². The summed E-state index contributed by atoms with van der Waals surface area (Å²) in [5.74, 6) is 0.0259. The van der Waals surface area contributed by atoms with Crippen LogP contribution in [-0.2, 0) is 6.54 Å². The zero-order valence-corrected chi connectivity index (χ0v) is 10.3. The molecule has 3 heteroatoms. The number of nitrogens with two attached hydrogens (primary N) is 1. The SMILES string of the molecule is CC1(NC(=O)c2ccc(CN)cc2)CCCC1. The Kier molecular flexibility index (Phi) is 3.48. The highest BCUT2D eigenvalue weighted by molar-refractivity contribution is 5.94. The largest absolute Gasteiger partial charge is 0.347 e. The first-order chi connectivity index (χ1) is 8.13. The monoisotopic (exact) mass is 232 g/mol. The number of nitrogens with one attached hydrogen (secondary N) is 1. The maximum Gasteiger partial charge on any atom is 0.251 e. The van der Waals surface area contributed by atoms with E-state index >= 15 is 0 Å². The van der Waals surface area contributed by atoms with Crippen LogP contribution in [0.5, 0.6) is 0 Å². The summed E-state index contributed by atoms with van der Waals surface area (Å²) in [5.41, 5.74) is 7.29. The van der Waals surface area contributed by atoms with Gasteiger partial charge < -0.3 is 11.1 Å². The Labute approximate surface area is 102 Å². The van der Waals surface area contributed by atoms with E-state index in [-0.39, 0.29) is 11.4 Å². The minimum atomic E-state index is -0.0103. The fourth-order valence-corrected chi connectivity index (χ4v) is 2.42. The van der Waals surface area contributed by atoms with Gasteiger partial charge in [0.25, 0.3) is 5.91 Å². The van der Waals surface area contributed by atoms with Gasteiger partial charge in [0.15, 0.2) is 0 Å². The smallest absolute Gasteiger partial charge is 0.251 e. The molecular weight excluding hydrogens is 212 g/mol. The van der Waals surface area contributed by atoms with E-state index in [1.54, 1.807) is 0 Å². The van der Waals surface area contributed by atoms with Crippen molar-refractivity contribution in [2.75, 3.05) is 0 Å². The Morgan fingerprint density at radius 1 is 1.29 bits per heavy atom. The third-order valence-corrected chi connectivity index (χ3v) is 3.57. The number of carbonyl (C=O) groups excluding carboxylic acids is 1. The van der Waals surface area contributed by atoms with Crippen molar-refractivity contribution < 1.29 is 4.79 Å². The van der Waals surface area contributed by atoms with Crippen LogP contribution in [0.3, 0.4) is 0 Å². The second-order valence-corrected chi connectivity index (χ2v) is 5.12. The van der Waals surface area contributed by atoms with Gasteiger partial charge in [-0.15, -0.1) is 0 Å². The van der Waals surface area contributed by atoms with Gasteiger partial charge in [0.05, 0.1) is 0 Å². The van der Waals surface area contributed by atoms with E-state index in [9.17, 15) is 4.79 Å². The number of rotatable bonds is 3. The van der Waals surface area contributed by atoms with Crippen LogP contribution in [0.1, 0.15) is 48.5 Å². The third kappa shape index (κ3) is 2.86. The molecule has 0 saturated heterocycles. The fraction of sp³-hybridized carbons (Fsp3) is 0.500. The zero-order valence-electron chi connectivity index (χ0n) is 10.3. The molecule has 1 saturated carbocycles. The first-order valence-corrected chi connectivity index (χ1v) is 6.24. The van der Waals surface area contributed by atoms with Gasteiger partial charge in [-0.1, -0.05) is 25.0 Å². The van der Waals surface area contributed by atoms with E-state index in [2.05, 4.69) is 12.2 Å². The summed E-state index contributed by atoms with van der Waals surface area (Å²) >= 11 is 0. The van der Waals surface area contributed by atoms with Crippen molar-refractivity contribution in [2.24, 2.45) is 5.73 Å². The number of carbonyl (C=O) groups is 1. The predicted octanol–water partition coefficient (Wildman–Crippen LogP) is 2.21. The normalized spacial score (nSPS) is 18.0. The molecule has 0 spiro atoms. The third-order valence-electron chi connectivity index (χ3n) is 3.57. The fourth-order valence-electron chi connectivity index (χ4n) is 2.42. The van der Waals surface area contributed by atoms with E-state index in [0.29, 0.717) is 6.54 Å². The van der Waals surface area contributed by atoms with Crippen molar-refractivity contribution in [2.45, 2.75) is 44.7 Å². The standard InChI is InChI=1S/C14H20N2O/c1-14(8-2-3-9-14)16-13(17)12-6-4-11(10-15)5-7-12/h4-7H,2-3,8-10,15H2,1H3,(H,16,17). The molecule has 1 aliphatic carbocycles. The van der Waals surface area contributed by atoms with Crippen molar-refractivity contribution in [3.8, 4) is 0 Å². The van der Waals surface area contributed by atoms with Gasteiger partial charge in [-0.3, -0.25) is 4.79 Å². The quantitative estimate of drug-likeness (QED) is 0.839. The second kappa shape index (κ2) is 4.88. The molecule has 92 valence electrons. The number of hydrogen-bond donors (Lipinski definition) is 2. The van der Waals surface area contributed by atoms with E-state index in [4.69, 9.17) is 5.73 Å². The molecule has 0 aromatic heterocycles. The summed E-state index contributed by atoms with van der Waals surface area (Å²) < 4.78 is 0. The molecule has 0 unspecified atom stereocenters. The van der Waals surface area contributed by atoms with Crippen LogP contribution in [0.25, 0.3) is 0 Å². The number of amides is 1. The van der Waals surface area contributed by atoms with Crippen LogP contribution in [0.15, 0.2) is 24.3 Å². The summed E-state index contributed by atoms with van der Waals surface area (Å²) in [6.07, 6.45) is 4.59. The van der Waals surface area contributed by atoms with Crippen LogP contribution in [-0.4, -0.2) is 11.4 Å². The molecule has 1 fully saturated rings. The molecule has 0 heterocycles. The topological polar surface area (TPSA) is 55.1 Å². The van der Waals surface area contributed by atoms with Gasteiger partial charge >= 0.3 is 0 Å².